The van der Waals surface area contributed by atoms with E-state index >= 15 is 0 Å². The SMILES string of the molecule is CCC12CCNCC1C2(F)F. The summed E-state index contributed by atoms with van der Waals surface area (Å²) in [6.07, 6.45) is 1.29. The molecule has 2 unspecified atom stereocenters. The summed E-state index contributed by atoms with van der Waals surface area (Å²) in [5, 5.41) is 3.01. The van der Waals surface area contributed by atoms with Crippen molar-refractivity contribution in [2.24, 2.45) is 11.3 Å². The highest BCUT2D eigenvalue weighted by Gasteiger charge is 2.78. The highest BCUT2D eigenvalue weighted by atomic mass is 19.3. The zero-order chi connectivity index (χ0) is 8.11. The van der Waals surface area contributed by atoms with Gasteiger partial charge in [-0.05, 0) is 19.4 Å². The van der Waals surface area contributed by atoms with Crippen LogP contribution in [0.1, 0.15) is 19.8 Å². The number of alkyl halides is 2. The Morgan fingerprint density at radius 3 is 2.73 bits per heavy atom. The van der Waals surface area contributed by atoms with Crippen molar-refractivity contribution in [2.45, 2.75) is 25.7 Å². The highest BCUT2D eigenvalue weighted by molar-refractivity contribution is 5.19. The lowest BCUT2D eigenvalue weighted by atomic mass is 9.93. The molecule has 64 valence electrons. The van der Waals surface area contributed by atoms with Crippen molar-refractivity contribution < 1.29 is 8.78 Å². The predicted octanol–water partition coefficient (Wildman–Crippen LogP) is 1.64. The van der Waals surface area contributed by atoms with E-state index in [-0.39, 0.29) is 5.92 Å². The second-order valence-corrected chi connectivity index (χ2v) is 3.64. The maximum absolute atomic E-state index is 13.1. The van der Waals surface area contributed by atoms with Gasteiger partial charge in [0.25, 0.3) is 5.92 Å². The van der Waals surface area contributed by atoms with E-state index in [9.17, 15) is 8.78 Å². The Bertz CT molecular complexity index is 181. The molecule has 0 aromatic rings. The van der Waals surface area contributed by atoms with E-state index in [1.165, 1.54) is 0 Å². The minimum atomic E-state index is -2.37. The van der Waals surface area contributed by atoms with Crippen LogP contribution in [0.4, 0.5) is 8.78 Å². The molecule has 2 aliphatic rings. The molecule has 0 aromatic heterocycles. The Hall–Kier alpha value is -0.180. The van der Waals surface area contributed by atoms with E-state index in [0.29, 0.717) is 19.4 Å². The van der Waals surface area contributed by atoms with Crippen LogP contribution in [0.15, 0.2) is 0 Å². The van der Waals surface area contributed by atoms with Gasteiger partial charge in [0.2, 0.25) is 0 Å². The summed E-state index contributed by atoms with van der Waals surface area (Å²) in [5.41, 5.74) is -0.613. The number of hydrogen-bond donors (Lipinski definition) is 1. The third-order valence-corrected chi connectivity index (χ3v) is 3.41. The molecule has 2 atom stereocenters. The normalized spacial score (nSPS) is 46.6. The number of nitrogens with one attached hydrogen (secondary N) is 1. The van der Waals surface area contributed by atoms with Crippen LogP contribution in [0.25, 0.3) is 0 Å². The number of halogens is 2. The van der Waals surface area contributed by atoms with Crippen LogP contribution in [0.5, 0.6) is 0 Å². The quantitative estimate of drug-likeness (QED) is 0.616. The molecule has 0 radical (unpaired) electrons. The minimum Gasteiger partial charge on any atom is -0.316 e. The van der Waals surface area contributed by atoms with E-state index in [1.54, 1.807) is 0 Å². The fraction of sp³-hybridized carbons (Fsp3) is 1.00. The Labute approximate surface area is 65.2 Å². The monoisotopic (exact) mass is 161 g/mol. The van der Waals surface area contributed by atoms with Crippen molar-refractivity contribution >= 4 is 0 Å². The molecule has 0 spiro atoms. The number of fused-ring (bicyclic) bond motifs is 1. The molecule has 1 aliphatic carbocycles. The molecule has 11 heavy (non-hydrogen) atoms. The summed E-state index contributed by atoms with van der Waals surface area (Å²) in [4.78, 5) is 0. The van der Waals surface area contributed by atoms with Crippen LogP contribution in [-0.4, -0.2) is 19.0 Å². The second-order valence-electron chi connectivity index (χ2n) is 3.64. The molecular formula is C8H13F2N. The molecule has 0 bridgehead atoms. The van der Waals surface area contributed by atoms with Crippen LogP contribution >= 0.6 is 0 Å². The Balaban J connectivity index is 2.20. The topological polar surface area (TPSA) is 12.0 Å². The summed E-state index contributed by atoms with van der Waals surface area (Å²) < 4.78 is 26.2. The van der Waals surface area contributed by atoms with E-state index < -0.39 is 11.3 Å². The largest absolute Gasteiger partial charge is 0.316 e. The summed E-state index contributed by atoms with van der Waals surface area (Å²) in [6, 6.07) is 0. The zero-order valence-corrected chi connectivity index (χ0v) is 6.66. The molecule has 1 saturated heterocycles. The average Bonchev–Trinajstić information content (AvgIpc) is 2.52. The molecule has 1 nitrogen and oxygen atoms in total. The second kappa shape index (κ2) is 1.94. The Morgan fingerprint density at radius 1 is 1.55 bits per heavy atom. The van der Waals surface area contributed by atoms with E-state index in [4.69, 9.17) is 0 Å². The van der Waals surface area contributed by atoms with Crippen molar-refractivity contribution in [2.75, 3.05) is 13.1 Å². The van der Waals surface area contributed by atoms with Gasteiger partial charge in [-0.2, -0.15) is 0 Å². The van der Waals surface area contributed by atoms with Gasteiger partial charge in [-0.25, -0.2) is 8.78 Å². The van der Waals surface area contributed by atoms with Crippen LogP contribution in [-0.2, 0) is 0 Å². The molecule has 3 heteroatoms. The van der Waals surface area contributed by atoms with Crippen LogP contribution in [0.2, 0.25) is 0 Å². The van der Waals surface area contributed by atoms with Gasteiger partial charge in [-0.15, -0.1) is 0 Å². The molecule has 2 fully saturated rings. The standard InChI is InChI=1S/C8H13F2N/c1-2-7-3-4-11-5-6(7)8(7,9)10/h6,11H,2-5H2,1H3. The van der Waals surface area contributed by atoms with Crippen molar-refractivity contribution in [3.8, 4) is 0 Å². The zero-order valence-electron chi connectivity index (χ0n) is 6.66. The van der Waals surface area contributed by atoms with Crippen LogP contribution in [0.3, 0.4) is 0 Å². The van der Waals surface area contributed by atoms with Gasteiger partial charge in [0.15, 0.2) is 0 Å². The highest BCUT2D eigenvalue weighted by Crippen LogP contribution is 2.70. The first kappa shape index (κ1) is 7.47. The smallest absolute Gasteiger partial charge is 0.258 e. The maximum Gasteiger partial charge on any atom is 0.258 e. The summed E-state index contributed by atoms with van der Waals surface area (Å²) in [6.45, 7) is 3.15. The van der Waals surface area contributed by atoms with Gasteiger partial charge in [-0.3, -0.25) is 0 Å². The lowest BCUT2D eigenvalue weighted by Crippen LogP contribution is -2.28. The molecule has 1 saturated carbocycles. The molecule has 0 aromatic carbocycles. The molecule has 2 rings (SSSR count). The van der Waals surface area contributed by atoms with E-state index in [0.717, 1.165) is 6.54 Å². The maximum atomic E-state index is 13.1. The Kier molecular flexibility index (Phi) is 1.32. The predicted molar refractivity (Wildman–Crippen MR) is 38.6 cm³/mol. The molecular weight excluding hydrogens is 148 g/mol. The minimum absolute atomic E-state index is 0.367. The number of piperidine rings is 1. The first-order chi connectivity index (χ1) is 5.15. The first-order valence-corrected chi connectivity index (χ1v) is 4.23. The lowest BCUT2D eigenvalue weighted by Gasteiger charge is -2.18. The van der Waals surface area contributed by atoms with Crippen LogP contribution < -0.4 is 5.32 Å². The van der Waals surface area contributed by atoms with Gasteiger partial charge in [0, 0.05) is 17.9 Å². The third-order valence-electron chi connectivity index (χ3n) is 3.41. The third kappa shape index (κ3) is 0.675. The fourth-order valence-electron chi connectivity index (χ4n) is 2.47. The lowest BCUT2D eigenvalue weighted by molar-refractivity contribution is 0.0565. The van der Waals surface area contributed by atoms with Crippen molar-refractivity contribution in [1.29, 1.82) is 0 Å². The van der Waals surface area contributed by atoms with Gasteiger partial charge in [-0.1, -0.05) is 6.92 Å². The summed E-state index contributed by atoms with van der Waals surface area (Å²) >= 11 is 0. The molecule has 1 heterocycles. The molecule has 1 aliphatic heterocycles. The summed E-state index contributed by atoms with van der Waals surface area (Å²) in [7, 11) is 0. The average molecular weight is 161 g/mol. The molecule has 1 N–H and O–H groups in total. The van der Waals surface area contributed by atoms with Crippen molar-refractivity contribution in [3.63, 3.8) is 0 Å². The van der Waals surface area contributed by atoms with Crippen molar-refractivity contribution in [1.82, 2.24) is 5.32 Å². The van der Waals surface area contributed by atoms with Crippen LogP contribution in [0, 0.1) is 11.3 Å². The number of hydrogen-bond acceptors (Lipinski definition) is 1. The fourth-order valence-corrected chi connectivity index (χ4v) is 2.47. The summed E-state index contributed by atoms with van der Waals surface area (Å²) in [5.74, 6) is -2.74. The van der Waals surface area contributed by atoms with E-state index in [2.05, 4.69) is 5.32 Å². The van der Waals surface area contributed by atoms with Gasteiger partial charge in [0.05, 0.1) is 0 Å². The number of rotatable bonds is 1. The van der Waals surface area contributed by atoms with Gasteiger partial charge in [0.1, 0.15) is 0 Å². The van der Waals surface area contributed by atoms with E-state index in [1.807, 2.05) is 6.92 Å². The van der Waals surface area contributed by atoms with Gasteiger partial charge >= 0.3 is 0 Å². The Morgan fingerprint density at radius 2 is 2.27 bits per heavy atom. The molecule has 0 amide bonds. The first-order valence-electron chi connectivity index (χ1n) is 4.23. The van der Waals surface area contributed by atoms with Gasteiger partial charge < -0.3 is 5.32 Å². The van der Waals surface area contributed by atoms with Crippen molar-refractivity contribution in [3.05, 3.63) is 0 Å².